The Bertz CT molecular complexity index is 708. The first-order valence-corrected chi connectivity index (χ1v) is 9.00. The number of benzene rings is 1. The fourth-order valence-corrected chi connectivity index (χ4v) is 3.89. The molecule has 0 bridgehead atoms. The molecule has 0 radical (unpaired) electrons. The molecule has 0 N–H and O–H groups in total. The van der Waals surface area contributed by atoms with E-state index in [1.807, 2.05) is 18.7 Å². The molecule has 1 aliphatic rings. The van der Waals surface area contributed by atoms with Gasteiger partial charge in [0.1, 0.15) is 15.7 Å². The number of nitrogens with zero attached hydrogens (tertiary/aromatic N) is 2. The van der Waals surface area contributed by atoms with Crippen molar-refractivity contribution in [3.05, 3.63) is 40.7 Å². The predicted octanol–water partition coefficient (Wildman–Crippen LogP) is 3.76. The van der Waals surface area contributed by atoms with Gasteiger partial charge in [-0.05, 0) is 44.5 Å². The fourth-order valence-electron chi connectivity index (χ4n) is 2.85. The van der Waals surface area contributed by atoms with Gasteiger partial charge in [-0.3, -0.25) is 4.79 Å². The number of hydrogen-bond acceptors (Lipinski definition) is 4. The molecule has 1 saturated heterocycles. The smallest absolute Gasteiger partial charge is 0.265 e. The van der Waals surface area contributed by atoms with Crippen LogP contribution < -0.4 is 0 Å². The van der Waals surface area contributed by atoms with Gasteiger partial charge in [0, 0.05) is 31.2 Å². The van der Waals surface area contributed by atoms with Crippen LogP contribution in [-0.2, 0) is 4.74 Å². The van der Waals surface area contributed by atoms with Gasteiger partial charge in [-0.15, -0.1) is 11.3 Å². The minimum atomic E-state index is -0.278. The van der Waals surface area contributed by atoms with E-state index >= 15 is 0 Å². The summed E-state index contributed by atoms with van der Waals surface area (Å²) in [6.45, 7) is 6.74. The topological polar surface area (TPSA) is 42.4 Å². The van der Waals surface area contributed by atoms with Gasteiger partial charge in [-0.25, -0.2) is 9.37 Å². The van der Waals surface area contributed by atoms with Crippen molar-refractivity contribution in [2.45, 2.75) is 20.3 Å². The lowest BCUT2D eigenvalue weighted by Crippen LogP contribution is -2.35. The quantitative estimate of drug-likeness (QED) is 0.826. The number of hydrogen-bond donors (Lipinski definition) is 0. The van der Waals surface area contributed by atoms with Gasteiger partial charge in [-0.2, -0.15) is 0 Å². The Morgan fingerprint density at radius 1 is 1.42 bits per heavy atom. The van der Waals surface area contributed by atoms with Crippen LogP contribution >= 0.6 is 11.3 Å². The van der Waals surface area contributed by atoms with Gasteiger partial charge >= 0.3 is 0 Å². The highest BCUT2D eigenvalue weighted by atomic mass is 32.1. The maximum atomic E-state index is 13.1. The minimum Gasteiger partial charge on any atom is -0.381 e. The van der Waals surface area contributed by atoms with Crippen LogP contribution in [0.5, 0.6) is 0 Å². The van der Waals surface area contributed by atoms with Crippen LogP contribution in [0, 0.1) is 18.7 Å². The van der Waals surface area contributed by atoms with Gasteiger partial charge < -0.3 is 9.64 Å². The number of carbonyl (C=O) groups is 1. The monoisotopic (exact) mass is 348 g/mol. The van der Waals surface area contributed by atoms with Crippen LogP contribution in [0.3, 0.4) is 0 Å². The van der Waals surface area contributed by atoms with Crippen molar-refractivity contribution in [3.63, 3.8) is 0 Å². The van der Waals surface area contributed by atoms with Crippen LogP contribution in [0.15, 0.2) is 24.3 Å². The predicted molar refractivity (Wildman–Crippen MR) is 92.7 cm³/mol. The molecule has 4 nitrogen and oxygen atoms in total. The summed E-state index contributed by atoms with van der Waals surface area (Å²) >= 11 is 1.37. The third kappa shape index (κ3) is 3.65. The SMILES string of the molecule is CCN(C[C@@H]1CCOC1)C(=O)c1sc(-c2ccc(F)cc2)nc1C. The number of halogens is 1. The highest BCUT2D eigenvalue weighted by Gasteiger charge is 2.25. The molecule has 3 rings (SSSR count). The van der Waals surface area contributed by atoms with E-state index in [4.69, 9.17) is 4.74 Å². The second-order valence-corrected chi connectivity index (χ2v) is 7.01. The van der Waals surface area contributed by atoms with E-state index in [2.05, 4.69) is 4.98 Å². The lowest BCUT2D eigenvalue weighted by atomic mass is 10.1. The summed E-state index contributed by atoms with van der Waals surface area (Å²) in [4.78, 5) is 19.9. The molecule has 1 amide bonds. The zero-order chi connectivity index (χ0) is 17.1. The molecule has 1 fully saturated rings. The first-order valence-electron chi connectivity index (χ1n) is 8.19. The number of rotatable bonds is 5. The van der Waals surface area contributed by atoms with Crippen LogP contribution in [0.2, 0.25) is 0 Å². The molecular weight excluding hydrogens is 327 g/mol. The van der Waals surface area contributed by atoms with E-state index in [1.54, 1.807) is 12.1 Å². The lowest BCUT2D eigenvalue weighted by molar-refractivity contribution is 0.0734. The van der Waals surface area contributed by atoms with Crippen molar-refractivity contribution < 1.29 is 13.9 Å². The molecule has 1 aliphatic heterocycles. The molecule has 2 heterocycles. The highest BCUT2D eigenvalue weighted by Crippen LogP contribution is 2.29. The first kappa shape index (κ1) is 17.0. The van der Waals surface area contributed by atoms with Crippen LogP contribution in [-0.4, -0.2) is 42.1 Å². The van der Waals surface area contributed by atoms with Crippen LogP contribution in [0.25, 0.3) is 10.6 Å². The summed E-state index contributed by atoms with van der Waals surface area (Å²) in [5.74, 6) is 0.158. The summed E-state index contributed by atoms with van der Waals surface area (Å²) in [5, 5.41) is 0.746. The normalized spacial score (nSPS) is 17.2. The molecular formula is C18H21FN2O2S. The summed E-state index contributed by atoms with van der Waals surface area (Å²) in [6.07, 6.45) is 1.01. The van der Waals surface area contributed by atoms with Crippen molar-refractivity contribution >= 4 is 17.2 Å². The Hall–Kier alpha value is -1.79. The van der Waals surface area contributed by atoms with Gasteiger partial charge in [0.05, 0.1) is 12.3 Å². The summed E-state index contributed by atoms with van der Waals surface area (Å²) in [5.41, 5.74) is 1.56. The molecule has 0 saturated carbocycles. The van der Waals surface area contributed by atoms with E-state index in [9.17, 15) is 9.18 Å². The molecule has 0 spiro atoms. The first-order chi connectivity index (χ1) is 11.6. The van der Waals surface area contributed by atoms with E-state index in [1.165, 1.54) is 23.5 Å². The molecule has 0 aliphatic carbocycles. The van der Waals surface area contributed by atoms with Crippen LogP contribution in [0.1, 0.15) is 28.7 Å². The maximum Gasteiger partial charge on any atom is 0.265 e. The van der Waals surface area contributed by atoms with Gasteiger partial charge in [0.15, 0.2) is 0 Å². The number of thiazole rings is 1. The average Bonchev–Trinajstić information content (AvgIpc) is 3.22. The number of ether oxygens (including phenoxy) is 1. The zero-order valence-electron chi connectivity index (χ0n) is 13.9. The molecule has 128 valence electrons. The van der Waals surface area contributed by atoms with Crippen molar-refractivity contribution in [1.29, 1.82) is 0 Å². The third-order valence-electron chi connectivity index (χ3n) is 4.25. The van der Waals surface area contributed by atoms with E-state index in [0.717, 1.165) is 42.4 Å². The Morgan fingerprint density at radius 2 is 2.17 bits per heavy atom. The molecule has 0 unspecified atom stereocenters. The molecule has 1 atom stereocenters. The van der Waals surface area contributed by atoms with E-state index < -0.39 is 0 Å². The third-order valence-corrected chi connectivity index (χ3v) is 5.45. The Balaban J connectivity index is 1.79. The number of amides is 1. The largest absolute Gasteiger partial charge is 0.381 e. The number of aromatic nitrogens is 1. The van der Waals surface area contributed by atoms with Crippen LogP contribution in [0.4, 0.5) is 4.39 Å². The molecule has 6 heteroatoms. The molecule has 1 aromatic carbocycles. The summed E-state index contributed by atoms with van der Waals surface area (Å²) in [7, 11) is 0. The lowest BCUT2D eigenvalue weighted by Gasteiger charge is -2.23. The van der Waals surface area contributed by atoms with E-state index in [-0.39, 0.29) is 11.7 Å². The number of aryl methyl sites for hydroxylation is 1. The summed E-state index contributed by atoms with van der Waals surface area (Å²) < 4.78 is 18.5. The van der Waals surface area contributed by atoms with Crippen molar-refractivity contribution in [3.8, 4) is 10.6 Å². The zero-order valence-corrected chi connectivity index (χ0v) is 14.7. The maximum absolute atomic E-state index is 13.1. The highest BCUT2D eigenvalue weighted by molar-refractivity contribution is 7.17. The molecule has 24 heavy (non-hydrogen) atoms. The second kappa shape index (κ2) is 7.40. The summed E-state index contributed by atoms with van der Waals surface area (Å²) in [6, 6.07) is 6.20. The number of carbonyl (C=O) groups excluding carboxylic acids is 1. The van der Waals surface area contributed by atoms with Gasteiger partial charge in [0.2, 0.25) is 0 Å². The Kier molecular flexibility index (Phi) is 5.26. The Morgan fingerprint density at radius 3 is 2.79 bits per heavy atom. The fraction of sp³-hybridized carbons (Fsp3) is 0.444. The second-order valence-electron chi connectivity index (χ2n) is 6.01. The average molecular weight is 348 g/mol. The van der Waals surface area contributed by atoms with Crippen molar-refractivity contribution in [2.75, 3.05) is 26.3 Å². The minimum absolute atomic E-state index is 0.0211. The molecule has 2 aromatic rings. The molecule has 1 aromatic heterocycles. The van der Waals surface area contributed by atoms with Crippen molar-refractivity contribution in [1.82, 2.24) is 9.88 Å². The standard InChI is InChI=1S/C18H21FN2O2S/c1-3-21(10-13-8-9-23-11-13)18(22)16-12(2)20-17(24-16)14-4-6-15(19)7-5-14/h4-7,13H,3,8-11H2,1-2H3/t13-/m0/s1. The van der Waals surface area contributed by atoms with Crippen molar-refractivity contribution in [2.24, 2.45) is 5.92 Å². The Labute approximate surface area is 145 Å². The van der Waals surface area contributed by atoms with Gasteiger partial charge in [0.25, 0.3) is 5.91 Å². The van der Waals surface area contributed by atoms with E-state index in [0.29, 0.717) is 17.3 Å². The van der Waals surface area contributed by atoms with Gasteiger partial charge in [-0.1, -0.05) is 0 Å².